The van der Waals surface area contributed by atoms with E-state index in [1.54, 1.807) is 6.92 Å². The van der Waals surface area contributed by atoms with Crippen molar-refractivity contribution in [2.75, 3.05) is 5.32 Å². The molecule has 154 valence electrons. The molecule has 0 fully saturated rings. The Bertz CT molecular complexity index is 1030. The molecular weight excluding hydrogens is 370 g/mol. The number of carbonyl (C=O) groups excluding carboxylic acids is 2. The third-order valence-corrected chi connectivity index (χ3v) is 5.23. The number of nitrogens with one attached hydrogen (secondary N) is 1. The number of hydrogen-bond donors (Lipinski definition) is 1. The summed E-state index contributed by atoms with van der Waals surface area (Å²) < 4.78 is 0. The molecule has 0 spiro atoms. The van der Waals surface area contributed by atoms with Crippen LogP contribution in [-0.4, -0.2) is 11.7 Å². The number of Topliss-reactive ketones (excluding diaryl/α,β-unsaturated/α-hetero) is 1. The molecular formula is C27H29NO2. The maximum atomic E-state index is 12.3. The van der Waals surface area contributed by atoms with Crippen molar-refractivity contribution in [3.05, 3.63) is 89.5 Å². The number of hydrogen-bond acceptors (Lipinski definition) is 2. The number of rotatable bonds is 6. The fourth-order valence-electron chi connectivity index (χ4n) is 3.32. The summed E-state index contributed by atoms with van der Waals surface area (Å²) in [7, 11) is 0. The molecule has 3 aromatic rings. The first-order chi connectivity index (χ1) is 14.2. The minimum Gasteiger partial charge on any atom is -0.326 e. The summed E-state index contributed by atoms with van der Waals surface area (Å²) in [5.74, 6) is 0.0509. The van der Waals surface area contributed by atoms with Gasteiger partial charge in [0, 0.05) is 17.7 Å². The standard InChI is InChI=1S/C27H29NO2/c1-19(29)22-6-5-7-23(18-22)21-11-15-25(16-12-21)28-26(30)17-10-20-8-13-24(14-9-20)27(2,3)4/h5-9,11-16,18H,10,17H2,1-4H3,(H,28,30). The summed E-state index contributed by atoms with van der Waals surface area (Å²) in [5.41, 5.74) is 6.06. The van der Waals surface area contributed by atoms with Gasteiger partial charge >= 0.3 is 0 Å². The molecule has 0 atom stereocenters. The smallest absolute Gasteiger partial charge is 0.224 e. The molecule has 1 N–H and O–H groups in total. The predicted molar refractivity (Wildman–Crippen MR) is 124 cm³/mol. The average molecular weight is 400 g/mol. The summed E-state index contributed by atoms with van der Waals surface area (Å²) in [5, 5.41) is 2.96. The van der Waals surface area contributed by atoms with Gasteiger partial charge in [0.1, 0.15) is 0 Å². The Morgan fingerprint density at radius 1 is 0.833 bits per heavy atom. The van der Waals surface area contributed by atoms with Crippen LogP contribution in [0.25, 0.3) is 11.1 Å². The molecule has 0 radical (unpaired) electrons. The van der Waals surface area contributed by atoms with Crippen LogP contribution >= 0.6 is 0 Å². The first-order valence-electron chi connectivity index (χ1n) is 10.3. The van der Waals surface area contributed by atoms with E-state index < -0.39 is 0 Å². The Morgan fingerprint density at radius 3 is 2.10 bits per heavy atom. The zero-order chi connectivity index (χ0) is 21.7. The fourth-order valence-corrected chi connectivity index (χ4v) is 3.32. The Morgan fingerprint density at radius 2 is 1.50 bits per heavy atom. The van der Waals surface area contributed by atoms with Crippen molar-refractivity contribution in [2.45, 2.75) is 46.0 Å². The van der Waals surface area contributed by atoms with E-state index in [0.29, 0.717) is 18.4 Å². The van der Waals surface area contributed by atoms with Gasteiger partial charge in [-0.05, 0) is 59.2 Å². The van der Waals surface area contributed by atoms with Crippen LogP contribution in [0.1, 0.15) is 55.6 Å². The first-order valence-corrected chi connectivity index (χ1v) is 10.3. The number of aryl methyl sites for hydroxylation is 1. The van der Waals surface area contributed by atoms with Crippen molar-refractivity contribution in [1.82, 2.24) is 0 Å². The van der Waals surface area contributed by atoms with E-state index >= 15 is 0 Å². The van der Waals surface area contributed by atoms with Gasteiger partial charge in [-0.3, -0.25) is 9.59 Å². The van der Waals surface area contributed by atoms with E-state index in [9.17, 15) is 9.59 Å². The summed E-state index contributed by atoms with van der Waals surface area (Å²) in [6, 6.07) is 23.8. The van der Waals surface area contributed by atoms with Gasteiger partial charge < -0.3 is 5.32 Å². The zero-order valence-corrected chi connectivity index (χ0v) is 18.2. The third kappa shape index (κ3) is 5.66. The Kier molecular flexibility index (Phi) is 6.51. The second-order valence-corrected chi connectivity index (χ2v) is 8.71. The van der Waals surface area contributed by atoms with E-state index in [4.69, 9.17) is 0 Å². The number of carbonyl (C=O) groups is 2. The molecule has 0 aromatic heterocycles. The highest BCUT2D eigenvalue weighted by Gasteiger charge is 2.13. The minimum atomic E-state index is 0.00113. The normalized spacial score (nSPS) is 11.2. The van der Waals surface area contributed by atoms with Crippen molar-refractivity contribution in [3.8, 4) is 11.1 Å². The fraction of sp³-hybridized carbons (Fsp3) is 0.259. The van der Waals surface area contributed by atoms with Crippen molar-refractivity contribution in [3.63, 3.8) is 0 Å². The number of ketones is 1. The molecule has 0 aliphatic carbocycles. The number of anilines is 1. The van der Waals surface area contributed by atoms with Crippen LogP contribution in [0.5, 0.6) is 0 Å². The number of benzene rings is 3. The maximum Gasteiger partial charge on any atom is 0.224 e. The molecule has 3 heteroatoms. The second kappa shape index (κ2) is 9.08. The van der Waals surface area contributed by atoms with E-state index in [1.807, 2.05) is 48.5 Å². The van der Waals surface area contributed by atoms with E-state index in [0.717, 1.165) is 16.8 Å². The van der Waals surface area contributed by atoms with Gasteiger partial charge in [-0.25, -0.2) is 0 Å². The molecule has 0 saturated heterocycles. The first kappa shape index (κ1) is 21.5. The van der Waals surface area contributed by atoms with Crippen molar-refractivity contribution >= 4 is 17.4 Å². The zero-order valence-electron chi connectivity index (χ0n) is 18.2. The second-order valence-electron chi connectivity index (χ2n) is 8.71. The van der Waals surface area contributed by atoms with Gasteiger partial charge in [0.15, 0.2) is 5.78 Å². The minimum absolute atomic E-state index is 0.00113. The molecule has 0 heterocycles. The topological polar surface area (TPSA) is 46.2 Å². The average Bonchev–Trinajstić information content (AvgIpc) is 2.72. The van der Waals surface area contributed by atoms with Crippen molar-refractivity contribution < 1.29 is 9.59 Å². The molecule has 0 aliphatic heterocycles. The van der Waals surface area contributed by atoms with Crippen molar-refractivity contribution in [1.29, 1.82) is 0 Å². The molecule has 0 bridgehead atoms. The van der Waals surface area contributed by atoms with Crippen LogP contribution in [0.3, 0.4) is 0 Å². The quantitative estimate of drug-likeness (QED) is 0.486. The van der Waals surface area contributed by atoms with E-state index in [2.05, 4.69) is 50.4 Å². The van der Waals surface area contributed by atoms with Crippen molar-refractivity contribution in [2.24, 2.45) is 0 Å². The Labute approximate surface area is 179 Å². The van der Waals surface area contributed by atoms with Crippen LogP contribution < -0.4 is 5.32 Å². The lowest BCUT2D eigenvalue weighted by Crippen LogP contribution is -2.13. The van der Waals surface area contributed by atoms with Crippen LogP contribution in [0, 0.1) is 0 Å². The van der Waals surface area contributed by atoms with Crippen LogP contribution in [0.2, 0.25) is 0 Å². The van der Waals surface area contributed by atoms with Crippen LogP contribution in [-0.2, 0) is 16.6 Å². The largest absolute Gasteiger partial charge is 0.326 e. The molecule has 30 heavy (non-hydrogen) atoms. The SMILES string of the molecule is CC(=O)c1cccc(-c2ccc(NC(=O)CCc3ccc(C(C)(C)C)cc3)cc2)c1. The lowest BCUT2D eigenvalue weighted by molar-refractivity contribution is -0.116. The molecule has 0 unspecified atom stereocenters. The summed E-state index contributed by atoms with van der Waals surface area (Å²) in [4.78, 5) is 23.9. The highest BCUT2D eigenvalue weighted by molar-refractivity contribution is 5.95. The van der Waals surface area contributed by atoms with Crippen LogP contribution in [0.4, 0.5) is 5.69 Å². The van der Waals surface area contributed by atoms with Gasteiger partial charge in [0.2, 0.25) is 5.91 Å². The summed E-state index contributed by atoms with van der Waals surface area (Å²) in [6.45, 7) is 8.15. The lowest BCUT2D eigenvalue weighted by Gasteiger charge is -2.19. The molecule has 0 saturated carbocycles. The van der Waals surface area contributed by atoms with Gasteiger partial charge in [-0.15, -0.1) is 0 Å². The van der Waals surface area contributed by atoms with Gasteiger partial charge in [-0.1, -0.05) is 75.4 Å². The van der Waals surface area contributed by atoms with Crippen LogP contribution in [0.15, 0.2) is 72.8 Å². The maximum absolute atomic E-state index is 12.3. The molecule has 3 rings (SSSR count). The third-order valence-electron chi connectivity index (χ3n) is 5.23. The number of amides is 1. The Hall–Kier alpha value is -3.20. The monoisotopic (exact) mass is 399 g/mol. The van der Waals surface area contributed by atoms with Gasteiger partial charge in [-0.2, -0.15) is 0 Å². The summed E-state index contributed by atoms with van der Waals surface area (Å²) in [6.07, 6.45) is 1.16. The molecule has 3 aromatic carbocycles. The van der Waals surface area contributed by atoms with Gasteiger partial charge in [0.25, 0.3) is 0 Å². The van der Waals surface area contributed by atoms with Gasteiger partial charge in [0.05, 0.1) is 0 Å². The highest BCUT2D eigenvalue weighted by atomic mass is 16.1. The van der Waals surface area contributed by atoms with E-state index in [1.165, 1.54) is 11.1 Å². The molecule has 0 aliphatic rings. The summed E-state index contributed by atoms with van der Waals surface area (Å²) >= 11 is 0. The predicted octanol–water partition coefficient (Wildman–Crippen LogP) is 6.43. The molecule has 1 amide bonds. The lowest BCUT2D eigenvalue weighted by atomic mass is 9.86. The molecule has 3 nitrogen and oxygen atoms in total. The van der Waals surface area contributed by atoms with E-state index in [-0.39, 0.29) is 17.1 Å². The Balaban J connectivity index is 1.57. The highest BCUT2D eigenvalue weighted by Crippen LogP contribution is 2.24.